The molecule has 17 heavy (non-hydrogen) atoms. The number of rotatable bonds is 6. The number of benzene rings is 1. The average Bonchev–Trinajstić information content (AvgIpc) is 2.29. The predicted octanol–water partition coefficient (Wildman–Crippen LogP) is 2.29. The summed E-state index contributed by atoms with van der Waals surface area (Å²) in [6.45, 7) is 0.830. The van der Waals surface area contributed by atoms with Crippen molar-refractivity contribution in [3.63, 3.8) is 0 Å². The molecule has 0 spiro atoms. The lowest BCUT2D eigenvalue weighted by Crippen LogP contribution is -2.15. The molecule has 5 heteroatoms. The summed E-state index contributed by atoms with van der Waals surface area (Å²) in [7, 11) is 3.42. The van der Waals surface area contributed by atoms with E-state index in [4.69, 9.17) is 16.3 Å². The molecule has 0 unspecified atom stereocenters. The van der Waals surface area contributed by atoms with Crippen LogP contribution in [-0.4, -0.2) is 26.6 Å². The van der Waals surface area contributed by atoms with E-state index in [1.165, 1.54) is 0 Å². The van der Waals surface area contributed by atoms with Crippen molar-refractivity contribution in [2.75, 3.05) is 26.0 Å². The third-order valence-electron chi connectivity index (χ3n) is 2.27. The summed E-state index contributed by atoms with van der Waals surface area (Å²) in [6, 6.07) is 5.17. The molecule has 0 atom stereocenters. The summed E-state index contributed by atoms with van der Waals surface area (Å²) in [5.74, 6) is 0.585. The van der Waals surface area contributed by atoms with E-state index in [0.717, 1.165) is 13.0 Å². The second kappa shape index (κ2) is 7.14. The number of amides is 1. The summed E-state index contributed by atoms with van der Waals surface area (Å²) in [6.07, 6.45) is 1.30. The van der Waals surface area contributed by atoms with Gasteiger partial charge in [-0.05, 0) is 38.2 Å². The van der Waals surface area contributed by atoms with E-state index in [1.807, 2.05) is 7.05 Å². The number of carbonyl (C=O) groups is 1. The molecule has 1 rings (SSSR count). The number of ether oxygens (including phenoxy) is 1. The minimum atomic E-state index is -0.0125. The Morgan fingerprint density at radius 2 is 2.24 bits per heavy atom. The van der Waals surface area contributed by atoms with E-state index >= 15 is 0 Å². The standard InChI is InChI=1S/C12H17ClN2O2/c1-14-7-3-4-12(16)15-9-5-6-11(17-2)10(13)8-9/h5-6,8,14H,3-4,7H2,1-2H3,(H,15,16). The number of methoxy groups -OCH3 is 1. The van der Waals surface area contributed by atoms with Gasteiger partial charge in [0.25, 0.3) is 0 Å². The molecule has 0 aliphatic carbocycles. The first kappa shape index (κ1) is 13.8. The molecule has 1 aromatic carbocycles. The van der Waals surface area contributed by atoms with E-state index in [-0.39, 0.29) is 5.91 Å². The zero-order valence-corrected chi connectivity index (χ0v) is 10.8. The van der Waals surface area contributed by atoms with Crippen LogP contribution >= 0.6 is 11.6 Å². The fourth-order valence-electron chi connectivity index (χ4n) is 1.39. The molecular weight excluding hydrogens is 240 g/mol. The largest absolute Gasteiger partial charge is 0.495 e. The second-order valence-electron chi connectivity index (χ2n) is 3.60. The second-order valence-corrected chi connectivity index (χ2v) is 4.01. The van der Waals surface area contributed by atoms with Crippen molar-refractivity contribution in [1.29, 1.82) is 0 Å². The Balaban J connectivity index is 2.51. The zero-order chi connectivity index (χ0) is 12.7. The predicted molar refractivity (Wildman–Crippen MR) is 69.8 cm³/mol. The highest BCUT2D eigenvalue weighted by Crippen LogP contribution is 2.27. The van der Waals surface area contributed by atoms with Crippen molar-refractivity contribution in [1.82, 2.24) is 5.32 Å². The van der Waals surface area contributed by atoms with Crippen LogP contribution in [-0.2, 0) is 4.79 Å². The summed E-state index contributed by atoms with van der Waals surface area (Å²) in [4.78, 5) is 11.5. The van der Waals surface area contributed by atoms with Gasteiger partial charge in [0, 0.05) is 12.1 Å². The Hall–Kier alpha value is -1.26. The summed E-state index contributed by atoms with van der Waals surface area (Å²) in [5, 5.41) is 6.27. The molecule has 0 aromatic heterocycles. The molecule has 0 heterocycles. The zero-order valence-electron chi connectivity index (χ0n) is 10.0. The molecule has 0 bridgehead atoms. The Bertz CT molecular complexity index is 383. The van der Waals surface area contributed by atoms with Crippen LogP contribution in [0.25, 0.3) is 0 Å². The molecule has 4 nitrogen and oxygen atoms in total. The molecule has 1 amide bonds. The van der Waals surface area contributed by atoms with Crippen LogP contribution in [0, 0.1) is 0 Å². The number of carbonyl (C=O) groups excluding carboxylic acids is 1. The van der Waals surface area contributed by atoms with Crippen molar-refractivity contribution < 1.29 is 9.53 Å². The molecule has 2 N–H and O–H groups in total. The van der Waals surface area contributed by atoms with E-state index in [0.29, 0.717) is 22.9 Å². The highest BCUT2D eigenvalue weighted by Gasteiger charge is 2.05. The van der Waals surface area contributed by atoms with Gasteiger partial charge in [-0.2, -0.15) is 0 Å². The number of anilines is 1. The van der Waals surface area contributed by atoms with Crippen molar-refractivity contribution in [2.45, 2.75) is 12.8 Å². The number of hydrogen-bond donors (Lipinski definition) is 2. The van der Waals surface area contributed by atoms with Crippen LogP contribution < -0.4 is 15.4 Å². The molecule has 0 aliphatic heterocycles. The van der Waals surface area contributed by atoms with Gasteiger partial charge in [0.1, 0.15) is 5.75 Å². The van der Waals surface area contributed by atoms with Gasteiger partial charge in [0.2, 0.25) is 5.91 Å². The monoisotopic (exact) mass is 256 g/mol. The highest BCUT2D eigenvalue weighted by atomic mass is 35.5. The fourth-order valence-corrected chi connectivity index (χ4v) is 1.65. The van der Waals surface area contributed by atoms with Gasteiger partial charge in [0.15, 0.2) is 0 Å². The van der Waals surface area contributed by atoms with Gasteiger partial charge < -0.3 is 15.4 Å². The van der Waals surface area contributed by atoms with Crippen molar-refractivity contribution >= 4 is 23.2 Å². The van der Waals surface area contributed by atoms with Crippen molar-refractivity contribution in [3.8, 4) is 5.75 Å². The first-order chi connectivity index (χ1) is 8.17. The van der Waals surface area contributed by atoms with E-state index in [2.05, 4.69) is 10.6 Å². The number of halogens is 1. The fraction of sp³-hybridized carbons (Fsp3) is 0.417. The van der Waals surface area contributed by atoms with Crippen molar-refractivity contribution in [3.05, 3.63) is 23.2 Å². The maximum absolute atomic E-state index is 11.5. The first-order valence-electron chi connectivity index (χ1n) is 5.45. The van der Waals surface area contributed by atoms with Crippen LogP contribution in [0.5, 0.6) is 5.75 Å². The van der Waals surface area contributed by atoms with Gasteiger partial charge in [0.05, 0.1) is 12.1 Å². The van der Waals surface area contributed by atoms with Crippen LogP contribution in [0.2, 0.25) is 5.02 Å². The highest BCUT2D eigenvalue weighted by molar-refractivity contribution is 6.32. The lowest BCUT2D eigenvalue weighted by atomic mass is 10.2. The van der Waals surface area contributed by atoms with E-state index in [9.17, 15) is 4.79 Å². The van der Waals surface area contributed by atoms with Crippen molar-refractivity contribution in [2.24, 2.45) is 0 Å². The smallest absolute Gasteiger partial charge is 0.224 e. The number of hydrogen-bond acceptors (Lipinski definition) is 3. The SMILES string of the molecule is CNCCCC(=O)Nc1ccc(OC)c(Cl)c1. The average molecular weight is 257 g/mol. The Morgan fingerprint density at radius 3 is 2.82 bits per heavy atom. The topological polar surface area (TPSA) is 50.4 Å². The maximum Gasteiger partial charge on any atom is 0.224 e. The minimum absolute atomic E-state index is 0.0125. The minimum Gasteiger partial charge on any atom is -0.495 e. The maximum atomic E-state index is 11.5. The Morgan fingerprint density at radius 1 is 1.47 bits per heavy atom. The van der Waals surface area contributed by atoms with Gasteiger partial charge in [-0.25, -0.2) is 0 Å². The lowest BCUT2D eigenvalue weighted by molar-refractivity contribution is -0.116. The van der Waals surface area contributed by atoms with E-state index in [1.54, 1.807) is 25.3 Å². The third-order valence-corrected chi connectivity index (χ3v) is 2.56. The van der Waals surface area contributed by atoms with Gasteiger partial charge in [-0.1, -0.05) is 11.6 Å². The van der Waals surface area contributed by atoms with Gasteiger partial charge in [-0.3, -0.25) is 4.79 Å². The molecule has 0 saturated carbocycles. The van der Waals surface area contributed by atoms with Crippen LogP contribution in [0.15, 0.2) is 18.2 Å². The van der Waals surface area contributed by atoms with Gasteiger partial charge in [-0.15, -0.1) is 0 Å². The molecular formula is C12H17ClN2O2. The Kier molecular flexibility index (Phi) is 5.80. The molecule has 0 aliphatic rings. The van der Waals surface area contributed by atoms with E-state index < -0.39 is 0 Å². The third kappa shape index (κ3) is 4.63. The van der Waals surface area contributed by atoms with Crippen LogP contribution in [0.4, 0.5) is 5.69 Å². The molecule has 0 radical (unpaired) electrons. The summed E-state index contributed by atoms with van der Waals surface area (Å²) < 4.78 is 5.03. The summed E-state index contributed by atoms with van der Waals surface area (Å²) in [5.41, 5.74) is 0.685. The van der Waals surface area contributed by atoms with Gasteiger partial charge >= 0.3 is 0 Å². The first-order valence-corrected chi connectivity index (χ1v) is 5.83. The molecule has 0 saturated heterocycles. The van der Waals surface area contributed by atoms with Crippen LogP contribution in [0.1, 0.15) is 12.8 Å². The Labute approximate surface area is 106 Å². The quantitative estimate of drug-likeness (QED) is 0.768. The van der Waals surface area contributed by atoms with Crippen LogP contribution in [0.3, 0.4) is 0 Å². The molecule has 94 valence electrons. The number of nitrogens with one attached hydrogen (secondary N) is 2. The normalized spacial score (nSPS) is 10.1. The molecule has 1 aromatic rings. The summed E-state index contributed by atoms with van der Waals surface area (Å²) >= 11 is 5.95. The molecule has 0 fully saturated rings. The lowest BCUT2D eigenvalue weighted by Gasteiger charge is -2.07.